The molecule has 0 aliphatic rings. The minimum atomic E-state index is -5.31. The third-order valence-corrected chi connectivity index (χ3v) is 1.50. The van der Waals surface area contributed by atoms with E-state index in [1.165, 1.54) is 0 Å². The first-order chi connectivity index (χ1) is 8.41. The fourth-order valence-electron chi connectivity index (χ4n) is 0.136. The molecule has 0 heterocycles. The second-order valence-electron chi connectivity index (χ2n) is 1.91. The zero-order valence-corrected chi connectivity index (χ0v) is 15.6. The third-order valence-electron chi connectivity index (χ3n) is 0.389. The second-order valence-corrected chi connectivity index (χ2v) is 5.72. The van der Waals surface area contributed by atoms with Crippen molar-refractivity contribution in [3.05, 3.63) is 0 Å². The molecule has 0 aliphatic carbocycles. The van der Waals surface area contributed by atoms with E-state index in [0.717, 1.165) is 0 Å². The molecule has 23 heavy (non-hydrogen) atoms. The van der Waals surface area contributed by atoms with Gasteiger partial charge in [-0.1, -0.05) is 0 Å². The third kappa shape index (κ3) is 44.9. The van der Waals surface area contributed by atoms with Crippen molar-refractivity contribution in [3.63, 3.8) is 0 Å². The van der Waals surface area contributed by atoms with E-state index in [-0.39, 0.29) is 41.9 Å². The average molecular weight is 438 g/mol. The molecule has 0 fully saturated rings. The van der Waals surface area contributed by atoms with Gasteiger partial charge in [0.25, 0.3) is 0 Å². The van der Waals surface area contributed by atoms with Gasteiger partial charge in [0.05, 0.1) is 0 Å². The predicted molar refractivity (Wildman–Crippen MR) is 50.3 cm³/mol. The molecule has 18 nitrogen and oxygen atoms in total. The van der Waals surface area contributed by atoms with Crippen molar-refractivity contribution >= 4 is 41.6 Å². The van der Waals surface area contributed by atoms with E-state index in [9.17, 15) is 51.9 Å². The van der Waals surface area contributed by atoms with Crippen LogP contribution in [0.15, 0.2) is 0 Å². The number of rotatable bonds is 6. The predicted octanol–water partition coefficient (Wildman–Crippen LogP) is -7.60. The smallest absolute Gasteiger partial charge is 0.724 e. The number of nitrogens with zero attached hydrogens (tertiary/aromatic N) is 1. The van der Waals surface area contributed by atoms with E-state index in [4.69, 9.17) is 0 Å². The van der Waals surface area contributed by atoms with Crippen molar-refractivity contribution in [3.8, 4) is 0 Å². The summed E-state index contributed by atoms with van der Waals surface area (Å²) in [6.45, 7) is 0. The van der Waals surface area contributed by atoms with Crippen LogP contribution in [0.1, 0.15) is 0 Å². The topological polar surface area (TPSA) is 331 Å². The first-order valence-corrected chi connectivity index (χ1v) is 8.33. The Hall–Kier alpha value is 0.150. The van der Waals surface area contributed by atoms with Crippen LogP contribution in [0.5, 0.6) is 0 Å². The van der Waals surface area contributed by atoms with Gasteiger partial charge < -0.3 is 24.4 Å². The van der Waals surface area contributed by atoms with Crippen molar-refractivity contribution in [1.82, 2.24) is 12.3 Å². The molecule has 0 saturated heterocycles. The van der Waals surface area contributed by atoms with E-state index < -0.39 is 41.6 Å². The SMILES string of the molecule is N.O=S(=O)([O-])OOS(=O)(=O)[O-].O=S(=O)([O-])OOS(=O)(=O)[O-].[N+3].[Na+]. The van der Waals surface area contributed by atoms with E-state index in [2.05, 4.69) is 17.3 Å². The molecule has 0 atom stereocenters. The van der Waals surface area contributed by atoms with Gasteiger partial charge in [0.2, 0.25) is 41.6 Å². The van der Waals surface area contributed by atoms with Crippen LogP contribution in [0.2, 0.25) is 0 Å². The summed E-state index contributed by atoms with van der Waals surface area (Å²) < 4.78 is 123. The van der Waals surface area contributed by atoms with Crippen LogP contribution in [0.4, 0.5) is 0 Å². The Morgan fingerprint density at radius 3 is 0.609 bits per heavy atom. The van der Waals surface area contributed by atoms with Crippen molar-refractivity contribution in [2.24, 2.45) is 0 Å². The van der Waals surface area contributed by atoms with E-state index >= 15 is 0 Å². The van der Waals surface area contributed by atoms with Gasteiger partial charge in [-0.3, -0.25) is 0 Å². The summed E-state index contributed by atoms with van der Waals surface area (Å²) in [5.41, 5.74) is 0. The Morgan fingerprint density at radius 2 is 0.565 bits per heavy atom. The standard InChI is InChI=1S/H3N.N.Na.2H2O8S2/c;;;2*1-9(2,3)7-8-10(4,5)6/h1H3;;;2*(H,1,2,3)(H,4,5,6)/q;+3;+1;;/p-4. The van der Waals surface area contributed by atoms with Gasteiger partial charge in [-0.25, -0.2) is 33.7 Å². The van der Waals surface area contributed by atoms with Crippen molar-refractivity contribution in [1.29, 1.82) is 0 Å². The molecule has 0 aromatic carbocycles. The van der Waals surface area contributed by atoms with Crippen LogP contribution in [-0.4, -0.2) is 51.9 Å². The monoisotopic (exact) mass is 438 g/mol. The van der Waals surface area contributed by atoms with Gasteiger partial charge >= 0.3 is 35.7 Å². The molecule has 134 valence electrons. The summed E-state index contributed by atoms with van der Waals surface area (Å²) in [7, 11) is -21.2. The molecule has 0 aliphatic heterocycles. The van der Waals surface area contributed by atoms with Gasteiger partial charge in [-0.05, 0) is 0 Å². The minimum absolute atomic E-state index is 0. The molecule has 0 amide bonds. The molecule has 0 bridgehead atoms. The normalized spacial score (nSPS) is 11.7. The summed E-state index contributed by atoms with van der Waals surface area (Å²) >= 11 is 0. The van der Waals surface area contributed by atoms with Crippen LogP contribution < -0.4 is 41.9 Å². The van der Waals surface area contributed by atoms with Gasteiger partial charge in [0.1, 0.15) is 0 Å². The maximum Gasteiger partial charge on any atom is 3.00 e. The molecular formula is H3N2NaO16S4. The first-order valence-electron chi connectivity index (χ1n) is 3.00. The van der Waals surface area contributed by atoms with Crippen LogP contribution >= 0.6 is 0 Å². The zero-order chi connectivity index (χ0) is 16.8. The van der Waals surface area contributed by atoms with Crippen LogP contribution in [0, 0.1) is 0 Å². The Morgan fingerprint density at radius 1 is 0.478 bits per heavy atom. The Balaban J connectivity index is -0.0000000831. The van der Waals surface area contributed by atoms with Gasteiger partial charge in [-0.15, -0.1) is 17.3 Å². The average Bonchev–Trinajstić information content (AvgIpc) is 2.09. The minimum Gasteiger partial charge on any atom is -0.724 e. The van der Waals surface area contributed by atoms with Crippen LogP contribution in [-0.2, 0) is 58.9 Å². The molecule has 0 rings (SSSR count). The van der Waals surface area contributed by atoms with E-state index in [0.29, 0.717) is 0 Å². The zero-order valence-electron chi connectivity index (χ0n) is 10.3. The maximum absolute atomic E-state index is 9.37. The van der Waals surface area contributed by atoms with Crippen molar-refractivity contribution in [2.75, 3.05) is 0 Å². The quantitative estimate of drug-likeness (QED) is 0.132. The molecule has 2 radical (unpaired) electrons. The molecule has 3 N–H and O–H groups in total. The Labute approximate surface area is 152 Å². The Kier molecular flexibility index (Phi) is 18.7. The van der Waals surface area contributed by atoms with Gasteiger partial charge in [0, 0.05) is 0 Å². The van der Waals surface area contributed by atoms with Crippen LogP contribution in [0.3, 0.4) is 0 Å². The van der Waals surface area contributed by atoms with Gasteiger partial charge in [-0.2, -0.15) is 0 Å². The second kappa shape index (κ2) is 12.5. The molecular weight excluding hydrogens is 435 g/mol. The molecule has 0 saturated carbocycles. The summed E-state index contributed by atoms with van der Waals surface area (Å²) in [6, 6.07) is 0. The summed E-state index contributed by atoms with van der Waals surface area (Å²) in [6.07, 6.45) is 0. The van der Waals surface area contributed by atoms with Crippen molar-refractivity contribution < 1.29 is 98.8 Å². The van der Waals surface area contributed by atoms with E-state index in [1.807, 2.05) is 0 Å². The number of hydrogen-bond donors (Lipinski definition) is 1. The largest absolute Gasteiger partial charge is 3.00 e. The molecule has 0 aromatic heterocycles. The summed E-state index contributed by atoms with van der Waals surface area (Å²) in [4.78, 5) is 0. The molecule has 23 heteroatoms. The molecule has 0 aromatic rings. The van der Waals surface area contributed by atoms with Gasteiger partial charge in [0.15, 0.2) is 0 Å². The fraction of sp³-hybridized carbons (Fsp3) is 0. The van der Waals surface area contributed by atoms with Crippen molar-refractivity contribution in [2.45, 2.75) is 0 Å². The number of hydrogen-bond acceptors (Lipinski definition) is 17. The molecule has 0 unspecified atom stereocenters. The molecule has 0 spiro atoms. The summed E-state index contributed by atoms with van der Waals surface area (Å²) in [5.74, 6) is 0. The Bertz CT molecular complexity index is 566. The first kappa shape index (κ1) is 34.5. The van der Waals surface area contributed by atoms with Crippen LogP contribution in [0.25, 0.3) is 0 Å². The summed E-state index contributed by atoms with van der Waals surface area (Å²) in [5, 5.41) is 0. The fourth-order valence-corrected chi connectivity index (χ4v) is 1.22. The maximum atomic E-state index is 9.37. The van der Waals surface area contributed by atoms with E-state index in [1.54, 1.807) is 0 Å².